The SMILES string of the molecule is CCN(CC)c1nc(C(=O)c2c[nH]n(C)c2=O)ccc1C(F)(F)F. The van der Waals surface area contributed by atoms with Crippen molar-refractivity contribution in [3.05, 3.63) is 45.5 Å². The standard InChI is InChI=1S/C15H17F3N4O2/c1-4-22(5-2)13-10(15(16,17)18)6-7-11(20-13)12(23)9-8-19-21(3)14(9)24/h6-8,19H,4-5H2,1-3H3. The highest BCUT2D eigenvalue weighted by Gasteiger charge is 2.36. The third-order valence-electron chi connectivity index (χ3n) is 3.66. The van der Waals surface area contributed by atoms with E-state index in [9.17, 15) is 22.8 Å². The minimum atomic E-state index is -4.59. The highest BCUT2D eigenvalue weighted by atomic mass is 19.4. The van der Waals surface area contributed by atoms with Gasteiger partial charge >= 0.3 is 6.18 Å². The Morgan fingerprint density at radius 2 is 1.92 bits per heavy atom. The summed E-state index contributed by atoms with van der Waals surface area (Å²) in [7, 11) is 1.43. The topological polar surface area (TPSA) is 71.0 Å². The summed E-state index contributed by atoms with van der Waals surface area (Å²) in [5.41, 5.74) is -1.85. The number of aromatic nitrogens is 3. The lowest BCUT2D eigenvalue weighted by molar-refractivity contribution is -0.137. The first kappa shape index (κ1) is 17.8. The number of halogens is 3. The maximum absolute atomic E-state index is 13.2. The van der Waals surface area contributed by atoms with Crippen molar-refractivity contribution in [1.82, 2.24) is 14.8 Å². The molecule has 9 heteroatoms. The lowest BCUT2D eigenvalue weighted by Gasteiger charge is -2.24. The van der Waals surface area contributed by atoms with Crippen LogP contribution in [0.15, 0.2) is 23.1 Å². The maximum atomic E-state index is 13.2. The number of nitrogens with one attached hydrogen (secondary N) is 1. The van der Waals surface area contributed by atoms with Gasteiger partial charge in [0.2, 0.25) is 5.78 Å². The Balaban J connectivity index is 2.57. The summed E-state index contributed by atoms with van der Waals surface area (Å²) in [5, 5.41) is 2.55. The molecule has 0 spiro atoms. The van der Waals surface area contributed by atoms with Crippen molar-refractivity contribution in [2.75, 3.05) is 18.0 Å². The fourth-order valence-corrected chi connectivity index (χ4v) is 2.32. The molecule has 0 amide bonds. The van der Waals surface area contributed by atoms with Crippen molar-refractivity contribution in [3.63, 3.8) is 0 Å². The van der Waals surface area contributed by atoms with Crippen molar-refractivity contribution in [2.45, 2.75) is 20.0 Å². The smallest absolute Gasteiger partial charge is 0.357 e. The summed E-state index contributed by atoms with van der Waals surface area (Å²) in [6, 6.07) is 1.82. The highest BCUT2D eigenvalue weighted by Crippen LogP contribution is 2.35. The predicted octanol–water partition coefficient (Wildman–Crippen LogP) is 2.20. The van der Waals surface area contributed by atoms with Gasteiger partial charge in [-0.1, -0.05) is 0 Å². The summed E-state index contributed by atoms with van der Waals surface area (Å²) < 4.78 is 40.7. The molecule has 130 valence electrons. The molecule has 0 atom stereocenters. The number of anilines is 1. The van der Waals surface area contributed by atoms with E-state index in [2.05, 4.69) is 10.1 Å². The second kappa shape index (κ2) is 6.50. The molecule has 2 aromatic heterocycles. The van der Waals surface area contributed by atoms with E-state index in [-0.39, 0.29) is 17.1 Å². The van der Waals surface area contributed by atoms with E-state index in [0.717, 1.165) is 16.8 Å². The predicted molar refractivity (Wildman–Crippen MR) is 82.3 cm³/mol. The van der Waals surface area contributed by atoms with E-state index in [1.54, 1.807) is 13.8 Å². The Labute approximate surface area is 135 Å². The molecule has 0 unspecified atom stereocenters. The number of H-pyrrole nitrogens is 1. The maximum Gasteiger partial charge on any atom is 0.419 e. The summed E-state index contributed by atoms with van der Waals surface area (Å²) in [6.45, 7) is 4.00. The Morgan fingerprint density at radius 3 is 2.38 bits per heavy atom. The molecule has 6 nitrogen and oxygen atoms in total. The van der Waals surface area contributed by atoms with Gasteiger partial charge in [-0.3, -0.25) is 14.3 Å². The number of aryl methyl sites for hydroxylation is 1. The second-order valence-electron chi connectivity index (χ2n) is 5.12. The molecule has 0 saturated carbocycles. The Kier molecular flexibility index (Phi) is 4.81. The van der Waals surface area contributed by atoms with Gasteiger partial charge in [-0.05, 0) is 26.0 Å². The first-order valence-electron chi connectivity index (χ1n) is 7.33. The molecule has 2 aromatic rings. The van der Waals surface area contributed by atoms with Gasteiger partial charge in [0.1, 0.15) is 17.1 Å². The summed E-state index contributed by atoms with van der Waals surface area (Å²) in [5.74, 6) is -1.04. The van der Waals surface area contributed by atoms with Crippen molar-refractivity contribution >= 4 is 11.6 Å². The highest BCUT2D eigenvalue weighted by molar-refractivity contribution is 6.07. The zero-order valence-electron chi connectivity index (χ0n) is 13.4. The number of hydrogen-bond acceptors (Lipinski definition) is 4. The monoisotopic (exact) mass is 342 g/mol. The van der Waals surface area contributed by atoms with E-state index in [0.29, 0.717) is 13.1 Å². The van der Waals surface area contributed by atoms with Gasteiger partial charge in [-0.2, -0.15) is 13.2 Å². The Bertz CT molecular complexity index is 804. The zero-order chi connectivity index (χ0) is 18.1. The number of rotatable bonds is 5. The lowest BCUT2D eigenvalue weighted by Crippen LogP contribution is -2.27. The van der Waals surface area contributed by atoms with E-state index in [1.165, 1.54) is 18.1 Å². The average molecular weight is 342 g/mol. The summed E-state index contributed by atoms with van der Waals surface area (Å²) >= 11 is 0. The third-order valence-corrected chi connectivity index (χ3v) is 3.66. The number of alkyl halides is 3. The Morgan fingerprint density at radius 1 is 1.29 bits per heavy atom. The fraction of sp³-hybridized carbons (Fsp3) is 0.400. The largest absolute Gasteiger partial charge is 0.419 e. The van der Waals surface area contributed by atoms with Gasteiger partial charge in [0.15, 0.2) is 0 Å². The normalized spacial score (nSPS) is 11.6. The molecular formula is C15H17F3N4O2. The minimum Gasteiger partial charge on any atom is -0.357 e. The van der Waals surface area contributed by atoms with Crippen molar-refractivity contribution in [1.29, 1.82) is 0 Å². The molecule has 0 bridgehead atoms. The van der Waals surface area contributed by atoms with Gasteiger partial charge in [0, 0.05) is 26.3 Å². The molecule has 24 heavy (non-hydrogen) atoms. The van der Waals surface area contributed by atoms with Crippen LogP contribution in [0.3, 0.4) is 0 Å². The van der Waals surface area contributed by atoms with Gasteiger partial charge in [-0.25, -0.2) is 4.98 Å². The van der Waals surface area contributed by atoms with Crippen LogP contribution in [0.1, 0.15) is 35.5 Å². The van der Waals surface area contributed by atoms with E-state index in [1.807, 2.05) is 0 Å². The van der Waals surface area contributed by atoms with Crippen molar-refractivity contribution in [3.8, 4) is 0 Å². The van der Waals surface area contributed by atoms with Crippen molar-refractivity contribution in [2.24, 2.45) is 7.05 Å². The molecule has 0 radical (unpaired) electrons. The Hall–Kier alpha value is -2.58. The van der Waals surface area contributed by atoms with Gasteiger partial charge in [-0.15, -0.1) is 0 Å². The van der Waals surface area contributed by atoms with Crippen LogP contribution >= 0.6 is 0 Å². The molecule has 0 aliphatic carbocycles. The molecular weight excluding hydrogens is 325 g/mol. The van der Waals surface area contributed by atoms with Crippen LogP contribution in [0.4, 0.5) is 19.0 Å². The van der Waals surface area contributed by atoms with Crippen LogP contribution in [0.2, 0.25) is 0 Å². The average Bonchev–Trinajstić information content (AvgIpc) is 2.86. The number of carbonyl (C=O) groups excluding carboxylic acids is 1. The molecule has 0 saturated heterocycles. The number of hydrogen-bond donors (Lipinski definition) is 1. The molecule has 0 fully saturated rings. The summed E-state index contributed by atoms with van der Waals surface area (Å²) in [6.07, 6.45) is -3.38. The van der Waals surface area contributed by atoms with Crippen LogP contribution in [0.25, 0.3) is 0 Å². The number of ketones is 1. The van der Waals surface area contributed by atoms with Gasteiger partial charge < -0.3 is 10.00 Å². The molecule has 2 rings (SSSR count). The van der Waals surface area contributed by atoms with Crippen LogP contribution in [-0.2, 0) is 13.2 Å². The van der Waals surface area contributed by atoms with E-state index >= 15 is 0 Å². The number of pyridine rings is 1. The van der Waals surface area contributed by atoms with Crippen LogP contribution < -0.4 is 10.5 Å². The molecule has 0 aliphatic heterocycles. The molecule has 0 aromatic carbocycles. The van der Waals surface area contributed by atoms with Crippen LogP contribution in [-0.4, -0.2) is 33.6 Å². The third kappa shape index (κ3) is 3.19. The van der Waals surface area contributed by atoms with Crippen LogP contribution in [0, 0.1) is 0 Å². The van der Waals surface area contributed by atoms with Crippen LogP contribution in [0.5, 0.6) is 0 Å². The lowest BCUT2D eigenvalue weighted by atomic mass is 10.1. The fourth-order valence-electron chi connectivity index (χ4n) is 2.32. The molecule has 2 heterocycles. The second-order valence-corrected chi connectivity index (χ2v) is 5.12. The summed E-state index contributed by atoms with van der Waals surface area (Å²) in [4.78, 5) is 29.5. The van der Waals surface area contributed by atoms with E-state index in [4.69, 9.17) is 0 Å². The van der Waals surface area contributed by atoms with Gasteiger partial charge in [0.05, 0.1) is 5.56 Å². The molecule has 0 aliphatic rings. The van der Waals surface area contributed by atoms with Crippen molar-refractivity contribution < 1.29 is 18.0 Å². The first-order valence-corrected chi connectivity index (χ1v) is 7.33. The first-order chi connectivity index (χ1) is 11.2. The quantitative estimate of drug-likeness (QED) is 0.846. The zero-order valence-corrected chi connectivity index (χ0v) is 13.4. The molecule has 1 N–H and O–H groups in total. The minimum absolute atomic E-state index is 0.171. The number of carbonyl (C=O) groups is 1. The van der Waals surface area contributed by atoms with Gasteiger partial charge in [0.25, 0.3) is 5.56 Å². The van der Waals surface area contributed by atoms with E-state index < -0.39 is 23.1 Å². The number of aromatic amines is 1. The number of nitrogens with zero attached hydrogens (tertiary/aromatic N) is 3.